The smallest absolute Gasteiger partial charge is 0.124 e. The van der Waals surface area contributed by atoms with Crippen LogP contribution in [0.4, 0.5) is 4.39 Å². The fourth-order valence-corrected chi connectivity index (χ4v) is 1.93. The minimum absolute atomic E-state index is 0.123. The van der Waals surface area contributed by atoms with Gasteiger partial charge in [0.1, 0.15) is 5.82 Å². The lowest BCUT2D eigenvalue weighted by Gasteiger charge is -2.13. The van der Waals surface area contributed by atoms with Gasteiger partial charge < -0.3 is 5.73 Å². The van der Waals surface area contributed by atoms with Crippen LogP contribution in [0.5, 0.6) is 0 Å². The number of hydrogen-bond donors (Lipinski definition) is 1. The van der Waals surface area contributed by atoms with Crippen molar-refractivity contribution in [2.45, 2.75) is 19.4 Å². The van der Waals surface area contributed by atoms with Crippen LogP contribution in [0.1, 0.15) is 24.9 Å². The molecule has 14 heavy (non-hydrogen) atoms. The second-order valence-electron chi connectivity index (χ2n) is 3.43. The van der Waals surface area contributed by atoms with Crippen LogP contribution in [0.3, 0.4) is 0 Å². The van der Waals surface area contributed by atoms with E-state index in [-0.39, 0.29) is 11.9 Å². The number of hydrogen-bond acceptors (Lipinski definition) is 1. The molecular weight excluding hydrogens is 245 g/mol. The monoisotopic (exact) mass is 257 g/mol. The first-order chi connectivity index (χ1) is 6.50. The van der Waals surface area contributed by atoms with Crippen LogP contribution in [-0.2, 0) is 0 Å². The third-order valence-corrected chi connectivity index (χ3v) is 2.62. The van der Waals surface area contributed by atoms with E-state index < -0.39 is 0 Å². The molecule has 0 amide bonds. The van der Waals surface area contributed by atoms with E-state index in [0.29, 0.717) is 10.9 Å². The Hall–Kier alpha value is -0.670. The van der Waals surface area contributed by atoms with Gasteiger partial charge in [-0.1, -0.05) is 27.6 Å². The van der Waals surface area contributed by atoms with Crippen molar-refractivity contribution in [3.63, 3.8) is 0 Å². The Kier molecular flexibility index (Phi) is 3.84. The lowest BCUT2D eigenvalue weighted by molar-refractivity contribution is 0.622. The van der Waals surface area contributed by atoms with Crippen LogP contribution < -0.4 is 5.73 Å². The molecule has 0 saturated heterocycles. The van der Waals surface area contributed by atoms with Gasteiger partial charge >= 0.3 is 0 Å². The van der Waals surface area contributed by atoms with Gasteiger partial charge in [0, 0.05) is 10.5 Å². The molecular formula is C11H13BrFN. The van der Waals surface area contributed by atoms with Crippen molar-refractivity contribution in [2.75, 3.05) is 0 Å². The highest BCUT2D eigenvalue weighted by Crippen LogP contribution is 2.26. The molecule has 1 atom stereocenters. The minimum atomic E-state index is -0.261. The Morgan fingerprint density at radius 2 is 2.29 bits per heavy atom. The van der Waals surface area contributed by atoms with Crippen LogP contribution >= 0.6 is 15.9 Å². The van der Waals surface area contributed by atoms with Crippen molar-refractivity contribution < 1.29 is 4.39 Å². The Morgan fingerprint density at radius 1 is 1.64 bits per heavy atom. The molecule has 1 rings (SSSR count). The maximum atomic E-state index is 12.8. The number of rotatable bonds is 3. The summed E-state index contributed by atoms with van der Waals surface area (Å²) >= 11 is 3.29. The summed E-state index contributed by atoms with van der Waals surface area (Å²) in [5, 5.41) is 0. The Labute approximate surface area is 91.9 Å². The largest absolute Gasteiger partial charge is 0.324 e. The molecule has 0 aliphatic carbocycles. The van der Waals surface area contributed by atoms with Crippen molar-refractivity contribution in [3.8, 4) is 0 Å². The molecule has 1 aromatic carbocycles. The maximum absolute atomic E-state index is 12.8. The molecule has 0 heterocycles. The van der Waals surface area contributed by atoms with Gasteiger partial charge in [-0.2, -0.15) is 0 Å². The van der Waals surface area contributed by atoms with Crippen LogP contribution in [0.2, 0.25) is 0 Å². The Balaban J connectivity index is 2.90. The molecule has 1 aromatic rings. The quantitative estimate of drug-likeness (QED) is 0.824. The highest BCUT2D eigenvalue weighted by molar-refractivity contribution is 9.10. The zero-order valence-corrected chi connectivity index (χ0v) is 9.64. The van der Waals surface area contributed by atoms with E-state index >= 15 is 0 Å². The zero-order valence-electron chi connectivity index (χ0n) is 8.06. The summed E-state index contributed by atoms with van der Waals surface area (Å²) in [6.07, 6.45) is 0.713. The lowest BCUT2D eigenvalue weighted by atomic mass is 10.0. The first-order valence-electron chi connectivity index (χ1n) is 4.35. The Bertz CT molecular complexity index is 349. The minimum Gasteiger partial charge on any atom is -0.324 e. The molecule has 2 N–H and O–H groups in total. The molecule has 0 unspecified atom stereocenters. The van der Waals surface area contributed by atoms with Crippen molar-refractivity contribution >= 4 is 15.9 Å². The fourth-order valence-electron chi connectivity index (χ4n) is 1.29. The van der Waals surface area contributed by atoms with E-state index in [1.807, 2.05) is 6.92 Å². The van der Waals surface area contributed by atoms with E-state index in [4.69, 9.17) is 5.73 Å². The molecule has 0 spiro atoms. The van der Waals surface area contributed by atoms with Crippen LogP contribution in [0.25, 0.3) is 0 Å². The summed E-state index contributed by atoms with van der Waals surface area (Å²) in [7, 11) is 0. The molecule has 0 aromatic heterocycles. The van der Waals surface area contributed by atoms with Crippen molar-refractivity contribution in [3.05, 3.63) is 46.2 Å². The van der Waals surface area contributed by atoms with Gasteiger partial charge in [0.15, 0.2) is 0 Å². The van der Waals surface area contributed by atoms with Gasteiger partial charge in [-0.3, -0.25) is 0 Å². The van der Waals surface area contributed by atoms with Crippen molar-refractivity contribution in [1.82, 2.24) is 0 Å². The summed E-state index contributed by atoms with van der Waals surface area (Å²) in [6, 6.07) is 4.42. The summed E-state index contributed by atoms with van der Waals surface area (Å²) in [6.45, 7) is 5.73. The van der Waals surface area contributed by atoms with E-state index in [1.54, 1.807) is 6.07 Å². The van der Waals surface area contributed by atoms with E-state index in [9.17, 15) is 4.39 Å². The topological polar surface area (TPSA) is 26.0 Å². The van der Waals surface area contributed by atoms with Crippen molar-refractivity contribution in [2.24, 2.45) is 5.73 Å². The number of benzene rings is 1. The molecule has 0 aliphatic heterocycles. The van der Waals surface area contributed by atoms with Crippen LogP contribution in [0.15, 0.2) is 34.8 Å². The normalized spacial score (nSPS) is 12.6. The number of nitrogens with two attached hydrogens (primary N) is 1. The summed E-state index contributed by atoms with van der Waals surface area (Å²) in [5.74, 6) is -0.261. The second kappa shape index (κ2) is 4.71. The van der Waals surface area contributed by atoms with Gasteiger partial charge in [-0.15, -0.1) is 6.58 Å². The van der Waals surface area contributed by atoms with Crippen LogP contribution in [-0.4, -0.2) is 0 Å². The molecule has 3 heteroatoms. The zero-order chi connectivity index (χ0) is 10.7. The van der Waals surface area contributed by atoms with Gasteiger partial charge in [-0.05, 0) is 31.0 Å². The summed E-state index contributed by atoms with van der Waals surface area (Å²) < 4.78 is 13.5. The van der Waals surface area contributed by atoms with Crippen LogP contribution in [0, 0.1) is 5.82 Å². The molecule has 0 radical (unpaired) electrons. The highest BCUT2D eigenvalue weighted by Gasteiger charge is 2.10. The van der Waals surface area contributed by atoms with E-state index in [2.05, 4.69) is 22.5 Å². The molecule has 0 fully saturated rings. The SMILES string of the molecule is C=C(C)C[C@H](N)c1ccc(F)cc1Br. The average Bonchev–Trinajstić information content (AvgIpc) is 2.01. The fraction of sp³-hybridized carbons (Fsp3) is 0.273. The summed E-state index contributed by atoms with van der Waals surface area (Å²) in [4.78, 5) is 0. The Morgan fingerprint density at radius 3 is 2.79 bits per heavy atom. The first-order valence-corrected chi connectivity index (χ1v) is 5.15. The maximum Gasteiger partial charge on any atom is 0.124 e. The highest BCUT2D eigenvalue weighted by atomic mass is 79.9. The molecule has 76 valence electrons. The van der Waals surface area contributed by atoms with Gasteiger partial charge in [0.05, 0.1) is 0 Å². The third-order valence-electron chi connectivity index (χ3n) is 1.93. The molecule has 0 aliphatic rings. The predicted molar refractivity (Wildman–Crippen MR) is 60.5 cm³/mol. The number of halogens is 2. The predicted octanol–water partition coefficient (Wildman–Crippen LogP) is 3.55. The molecule has 0 bridgehead atoms. The van der Waals surface area contributed by atoms with Gasteiger partial charge in [0.2, 0.25) is 0 Å². The third kappa shape index (κ3) is 2.93. The lowest BCUT2D eigenvalue weighted by Crippen LogP contribution is -2.11. The van der Waals surface area contributed by atoms with E-state index in [0.717, 1.165) is 11.1 Å². The van der Waals surface area contributed by atoms with Gasteiger partial charge in [-0.25, -0.2) is 4.39 Å². The van der Waals surface area contributed by atoms with E-state index in [1.165, 1.54) is 12.1 Å². The standard InChI is InChI=1S/C11H13BrFN/c1-7(2)5-11(14)9-4-3-8(13)6-10(9)12/h3-4,6,11H,1,5,14H2,2H3/t11-/m0/s1. The average molecular weight is 258 g/mol. The summed E-state index contributed by atoms with van der Waals surface area (Å²) in [5.41, 5.74) is 7.87. The first kappa shape index (κ1) is 11.4. The van der Waals surface area contributed by atoms with Crippen molar-refractivity contribution in [1.29, 1.82) is 0 Å². The molecule has 0 saturated carbocycles. The molecule has 1 nitrogen and oxygen atoms in total. The second-order valence-corrected chi connectivity index (χ2v) is 4.29. The van der Waals surface area contributed by atoms with Gasteiger partial charge in [0.25, 0.3) is 0 Å².